The van der Waals surface area contributed by atoms with Crippen molar-refractivity contribution < 1.29 is 9.18 Å². The van der Waals surface area contributed by atoms with Gasteiger partial charge in [0.05, 0.1) is 11.9 Å². The monoisotopic (exact) mass is 378 g/mol. The van der Waals surface area contributed by atoms with E-state index in [1.807, 2.05) is 6.07 Å². The maximum atomic E-state index is 13.3. The second-order valence-electron chi connectivity index (χ2n) is 5.25. The standard InChI is InChI=1S/C16H16BrFN4O/c17-12-7-11(8-13(18)9-12)16(23)21-15-2-1-14(10-20-15)22-5-3-19-4-6-22/h1-2,7-10,19H,3-6H2,(H,20,21,23). The van der Waals surface area contributed by atoms with Crippen molar-refractivity contribution in [2.45, 2.75) is 0 Å². The zero-order valence-electron chi connectivity index (χ0n) is 12.4. The van der Waals surface area contributed by atoms with Crippen LogP contribution in [0.4, 0.5) is 15.9 Å². The van der Waals surface area contributed by atoms with Crippen LogP contribution in [0.3, 0.4) is 0 Å². The fourth-order valence-corrected chi connectivity index (χ4v) is 2.91. The van der Waals surface area contributed by atoms with Gasteiger partial charge in [-0.1, -0.05) is 15.9 Å². The van der Waals surface area contributed by atoms with E-state index in [0.717, 1.165) is 31.9 Å². The summed E-state index contributed by atoms with van der Waals surface area (Å²) in [5.41, 5.74) is 1.27. The molecule has 23 heavy (non-hydrogen) atoms. The molecule has 1 aliphatic rings. The van der Waals surface area contributed by atoms with Crippen LogP contribution in [0, 0.1) is 5.82 Å². The number of hydrogen-bond donors (Lipinski definition) is 2. The number of anilines is 2. The minimum atomic E-state index is -0.466. The van der Waals surface area contributed by atoms with Crippen molar-refractivity contribution in [1.29, 1.82) is 0 Å². The summed E-state index contributed by atoms with van der Waals surface area (Å²) >= 11 is 3.17. The van der Waals surface area contributed by atoms with Crippen molar-refractivity contribution in [2.75, 3.05) is 36.4 Å². The minimum absolute atomic E-state index is 0.241. The molecule has 5 nitrogen and oxygen atoms in total. The van der Waals surface area contributed by atoms with Crippen molar-refractivity contribution in [2.24, 2.45) is 0 Å². The molecule has 0 radical (unpaired) electrons. The predicted molar refractivity (Wildman–Crippen MR) is 91.4 cm³/mol. The first-order chi connectivity index (χ1) is 11.1. The van der Waals surface area contributed by atoms with Crippen LogP contribution in [0.2, 0.25) is 0 Å². The summed E-state index contributed by atoms with van der Waals surface area (Å²) in [6.07, 6.45) is 1.74. The van der Waals surface area contributed by atoms with Gasteiger partial charge in [-0.15, -0.1) is 0 Å². The lowest BCUT2D eigenvalue weighted by atomic mass is 10.2. The summed E-state index contributed by atoms with van der Waals surface area (Å²) in [7, 11) is 0. The first kappa shape index (κ1) is 15.9. The number of pyridine rings is 1. The van der Waals surface area contributed by atoms with Crippen LogP contribution in [0.25, 0.3) is 0 Å². The van der Waals surface area contributed by atoms with Crippen LogP contribution in [0.5, 0.6) is 0 Å². The molecule has 0 bridgehead atoms. The van der Waals surface area contributed by atoms with Gasteiger partial charge in [-0.25, -0.2) is 9.37 Å². The van der Waals surface area contributed by atoms with Gasteiger partial charge in [0.25, 0.3) is 5.91 Å². The lowest BCUT2D eigenvalue weighted by Crippen LogP contribution is -2.43. The van der Waals surface area contributed by atoms with Crippen molar-refractivity contribution in [1.82, 2.24) is 10.3 Å². The predicted octanol–water partition coefficient (Wildman–Crippen LogP) is 2.65. The summed E-state index contributed by atoms with van der Waals surface area (Å²) in [4.78, 5) is 18.6. The molecule has 120 valence electrons. The van der Waals surface area contributed by atoms with E-state index in [4.69, 9.17) is 0 Å². The van der Waals surface area contributed by atoms with Crippen LogP contribution in [-0.4, -0.2) is 37.1 Å². The van der Waals surface area contributed by atoms with E-state index >= 15 is 0 Å². The Morgan fingerprint density at radius 2 is 2.04 bits per heavy atom. The van der Waals surface area contributed by atoms with Gasteiger partial charge in [-0.3, -0.25) is 4.79 Å². The number of carbonyl (C=O) groups is 1. The zero-order chi connectivity index (χ0) is 16.2. The highest BCUT2D eigenvalue weighted by Gasteiger charge is 2.12. The van der Waals surface area contributed by atoms with E-state index in [9.17, 15) is 9.18 Å². The van der Waals surface area contributed by atoms with Gasteiger partial charge in [0.2, 0.25) is 0 Å². The third-order valence-corrected chi connectivity index (χ3v) is 4.05. The van der Waals surface area contributed by atoms with Gasteiger partial charge in [-0.05, 0) is 30.3 Å². The smallest absolute Gasteiger partial charge is 0.256 e. The highest BCUT2D eigenvalue weighted by atomic mass is 79.9. The Morgan fingerprint density at radius 3 is 2.70 bits per heavy atom. The summed E-state index contributed by atoms with van der Waals surface area (Å²) < 4.78 is 13.9. The molecule has 1 aromatic heterocycles. The topological polar surface area (TPSA) is 57.3 Å². The number of piperazine rings is 1. The molecular weight excluding hydrogens is 363 g/mol. The second kappa shape index (κ2) is 7.06. The lowest BCUT2D eigenvalue weighted by Gasteiger charge is -2.29. The largest absolute Gasteiger partial charge is 0.368 e. The number of carbonyl (C=O) groups excluding carboxylic acids is 1. The Morgan fingerprint density at radius 1 is 1.26 bits per heavy atom. The van der Waals surface area contributed by atoms with E-state index in [1.165, 1.54) is 12.1 Å². The SMILES string of the molecule is O=C(Nc1ccc(N2CCNCC2)cn1)c1cc(F)cc(Br)c1. The Kier molecular flexibility index (Phi) is 4.88. The molecule has 1 saturated heterocycles. The molecule has 0 spiro atoms. The van der Waals surface area contributed by atoms with E-state index in [2.05, 4.69) is 36.4 Å². The van der Waals surface area contributed by atoms with Gasteiger partial charge in [0, 0.05) is 36.2 Å². The molecule has 2 N–H and O–H groups in total. The quantitative estimate of drug-likeness (QED) is 0.861. The molecule has 0 atom stereocenters. The highest BCUT2D eigenvalue weighted by molar-refractivity contribution is 9.10. The molecule has 1 amide bonds. The molecule has 3 rings (SSSR count). The van der Waals surface area contributed by atoms with Crippen molar-refractivity contribution in [3.63, 3.8) is 0 Å². The van der Waals surface area contributed by atoms with Crippen molar-refractivity contribution >= 4 is 33.3 Å². The molecule has 7 heteroatoms. The van der Waals surface area contributed by atoms with Crippen LogP contribution in [0.15, 0.2) is 41.0 Å². The minimum Gasteiger partial charge on any atom is -0.368 e. The molecular formula is C16H16BrFN4O. The first-order valence-corrected chi connectivity index (χ1v) is 8.10. The number of nitrogens with zero attached hydrogens (tertiary/aromatic N) is 2. The average molecular weight is 379 g/mol. The first-order valence-electron chi connectivity index (χ1n) is 7.31. The zero-order valence-corrected chi connectivity index (χ0v) is 13.9. The maximum Gasteiger partial charge on any atom is 0.256 e. The molecule has 2 aromatic rings. The third-order valence-electron chi connectivity index (χ3n) is 3.60. The van der Waals surface area contributed by atoms with Gasteiger partial charge in [0.1, 0.15) is 11.6 Å². The van der Waals surface area contributed by atoms with Crippen molar-refractivity contribution in [3.05, 3.63) is 52.4 Å². The lowest BCUT2D eigenvalue weighted by molar-refractivity contribution is 0.102. The highest BCUT2D eigenvalue weighted by Crippen LogP contribution is 2.18. The van der Waals surface area contributed by atoms with Gasteiger partial charge in [0.15, 0.2) is 0 Å². The Labute approximate surface area is 142 Å². The Hall–Kier alpha value is -1.99. The summed E-state index contributed by atoms with van der Waals surface area (Å²) in [5.74, 6) is -0.423. The Balaban J connectivity index is 1.68. The summed E-state index contributed by atoms with van der Waals surface area (Å²) in [6, 6.07) is 7.74. The number of amides is 1. The average Bonchev–Trinajstić information content (AvgIpc) is 2.55. The van der Waals surface area contributed by atoms with E-state index in [-0.39, 0.29) is 5.56 Å². The van der Waals surface area contributed by atoms with Gasteiger partial charge in [-0.2, -0.15) is 0 Å². The normalized spacial score (nSPS) is 14.6. The maximum absolute atomic E-state index is 13.3. The number of benzene rings is 1. The van der Waals surface area contributed by atoms with E-state index in [1.54, 1.807) is 18.3 Å². The van der Waals surface area contributed by atoms with Gasteiger partial charge >= 0.3 is 0 Å². The summed E-state index contributed by atoms with van der Waals surface area (Å²) in [5, 5.41) is 5.97. The number of rotatable bonds is 3. The number of hydrogen-bond acceptors (Lipinski definition) is 4. The second-order valence-corrected chi connectivity index (χ2v) is 6.17. The van der Waals surface area contributed by atoms with Crippen molar-refractivity contribution in [3.8, 4) is 0 Å². The molecule has 2 heterocycles. The number of aromatic nitrogens is 1. The van der Waals surface area contributed by atoms with E-state index < -0.39 is 11.7 Å². The molecule has 1 aliphatic heterocycles. The van der Waals surface area contributed by atoms with Crippen LogP contribution in [0.1, 0.15) is 10.4 Å². The number of halogens is 2. The van der Waals surface area contributed by atoms with E-state index in [0.29, 0.717) is 10.3 Å². The molecule has 1 aromatic carbocycles. The summed E-state index contributed by atoms with van der Waals surface area (Å²) in [6.45, 7) is 3.77. The van der Waals surface area contributed by atoms with Crippen LogP contribution < -0.4 is 15.5 Å². The van der Waals surface area contributed by atoms with Crippen LogP contribution >= 0.6 is 15.9 Å². The molecule has 0 saturated carbocycles. The fourth-order valence-electron chi connectivity index (χ4n) is 2.44. The third kappa shape index (κ3) is 4.05. The molecule has 0 unspecified atom stereocenters. The van der Waals surface area contributed by atoms with Gasteiger partial charge < -0.3 is 15.5 Å². The number of nitrogens with one attached hydrogen (secondary N) is 2. The molecule has 0 aliphatic carbocycles. The van der Waals surface area contributed by atoms with Crippen LogP contribution in [-0.2, 0) is 0 Å². The fraction of sp³-hybridized carbons (Fsp3) is 0.250. The molecule has 1 fully saturated rings. The Bertz CT molecular complexity index is 681.